The zero-order valence-corrected chi connectivity index (χ0v) is 14.5. The number of pyridine rings is 1. The number of carbonyl (C=O) groups is 1. The maximum Gasteiger partial charge on any atom is 0.259 e. The average molecular weight is 360 g/mol. The molecule has 0 aliphatic carbocycles. The van der Waals surface area contributed by atoms with Crippen LogP contribution in [-0.2, 0) is 0 Å². The topological polar surface area (TPSA) is 89.3 Å². The van der Waals surface area contributed by atoms with E-state index in [-0.39, 0.29) is 17.1 Å². The Morgan fingerprint density at radius 3 is 2.70 bits per heavy atom. The lowest BCUT2D eigenvalue weighted by molar-refractivity contribution is 0.102. The van der Waals surface area contributed by atoms with Crippen molar-refractivity contribution in [1.82, 2.24) is 14.5 Å². The highest BCUT2D eigenvalue weighted by atomic mass is 16.5. The molecule has 7 heteroatoms. The third-order valence-corrected chi connectivity index (χ3v) is 4.17. The first kappa shape index (κ1) is 16.6. The number of imidazole rings is 1. The number of carbonyl (C=O) groups excluding carboxylic acids is 1. The zero-order chi connectivity index (χ0) is 18.8. The maximum atomic E-state index is 12.4. The van der Waals surface area contributed by atoms with Crippen LogP contribution in [0, 0.1) is 0 Å². The number of hydrogen-bond donors (Lipinski definition) is 2. The second-order valence-electron chi connectivity index (χ2n) is 5.82. The number of aromatic nitrogens is 3. The molecule has 2 aromatic heterocycles. The van der Waals surface area contributed by atoms with E-state index in [0.29, 0.717) is 11.5 Å². The molecule has 7 nitrogen and oxygen atoms in total. The molecule has 0 saturated carbocycles. The standard InChI is InChI=1S/C20H16N4O3/c1-27-17-8-4-5-14(19(17)25)20(26)23-13-9-10-18(21-11-13)24-12-22-15-6-2-3-7-16(15)24/h2-12,25H,1H3,(H,23,26). The van der Waals surface area contributed by atoms with Gasteiger partial charge in [-0.25, -0.2) is 9.97 Å². The number of nitrogens with one attached hydrogen (secondary N) is 1. The van der Waals surface area contributed by atoms with Gasteiger partial charge in [0.25, 0.3) is 5.91 Å². The van der Waals surface area contributed by atoms with E-state index in [2.05, 4.69) is 15.3 Å². The molecule has 0 unspecified atom stereocenters. The van der Waals surface area contributed by atoms with Crippen LogP contribution in [0.1, 0.15) is 10.4 Å². The Kier molecular flexibility index (Phi) is 4.18. The van der Waals surface area contributed by atoms with Crippen LogP contribution >= 0.6 is 0 Å². The smallest absolute Gasteiger partial charge is 0.259 e. The number of methoxy groups -OCH3 is 1. The molecule has 0 spiro atoms. The molecule has 4 aromatic rings. The number of phenolic OH excluding ortho intramolecular Hbond substituents is 1. The number of benzene rings is 2. The first-order valence-corrected chi connectivity index (χ1v) is 8.23. The number of phenols is 1. The van der Waals surface area contributed by atoms with E-state index < -0.39 is 5.91 Å². The van der Waals surface area contributed by atoms with Gasteiger partial charge in [-0.1, -0.05) is 18.2 Å². The predicted molar refractivity (Wildman–Crippen MR) is 101 cm³/mol. The van der Waals surface area contributed by atoms with E-state index >= 15 is 0 Å². The van der Waals surface area contributed by atoms with Gasteiger partial charge >= 0.3 is 0 Å². The number of para-hydroxylation sites is 3. The number of aromatic hydroxyl groups is 1. The van der Waals surface area contributed by atoms with Gasteiger partial charge < -0.3 is 15.2 Å². The van der Waals surface area contributed by atoms with Crippen LogP contribution in [0.4, 0.5) is 5.69 Å². The lowest BCUT2D eigenvalue weighted by Crippen LogP contribution is -2.12. The maximum absolute atomic E-state index is 12.4. The molecule has 134 valence electrons. The number of ether oxygens (including phenoxy) is 1. The minimum absolute atomic E-state index is 0.124. The second kappa shape index (κ2) is 6.80. The highest BCUT2D eigenvalue weighted by Crippen LogP contribution is 2.29. The van der Waals surface area contributed by atoms with Crippen molar-refractivity contribution in [2.75, 3.05) is 12.4 Å². The highest BCUT2D eigenvalue weighted by molar-refractivity contribution is 6.06. The molecule has 2 aromatic carbocycles. The first-order chi connectivity index (χ1) is 13.2. The molecule has 2 heterocycles. The number of nitrogens with zero attached hydrogens (tertiary/aromatic N) is 3. The van der Waals surface area contributed by atoms with Gasteiger partial charge in [0.2, 0.25) is 0 Å². The largest absolute Gasteiger partial charge is 0.504 e. The van der Waals surface area contributed by atoms with E-state index in [9.17, 15) is 9.90 Å². The highest BCUT2D eigenvalue weighted by Gasteiger charge is 2.15. The molecule has 27 heavy (non-hydrogen) atoms. The minimum atomic E-state index is -0.450. The van der Waals surface area contributed by atoms with Gasteiger partial charge in [0, 0.05) is 0 Å². The summed E-state index contributed by atoms with van der Waals surface area (Å²) in [7, 11) is 1.43. The van der Waals surface area contributed by atoms with Gasteiger partial charge in [-0.2, -0.15) is 0 Å². The van der Waals surface area contributed by atoms with Crippen LogP contribution in [0.3, 0.4) is 0 Å². The Morgan fingerprint density at radius 1 is 1.07 bits per heavy atom. The molecule has 0 bridgehead atoms. The van der Waals surface area contributed by atoms with Crippen molar-refractivity contribution < 1.29 is 14.6 Å². The summed E-state index contributed by atoms with van der Waals surface area (Å²) in [5.74, 6) is 0.273. The molecular formula is C20H16N4O3. The molecule has 0 atom stereocenters. The average Bonchev–Trinajstić information content (AvgIpc) is 3.13. The number of hydrogen-bond acceptors (Lipinski definition) is 5. The fourth-order valence-electron chi connectivity index (χ4n) is 2.81. The summed E-state index contributed by atoms with van der Waals surface area (Å²) >= 11 is 0. The summed E-state index contributed by atoms with van der Waals surface area (Å²) in [6, 6.07) is 16.0. The van der Waals surface area contributed by atoms with E-state index in [1.54, 1.807) is 36.8 Å². The molecule has 4 rings (SSSR count). The molecular weight excluding hydrogens is 344 g/mol. The van der Waals surface area contributed by atoms with E-state index in [4.69, 9.17) is 4.74 Å². The minimum Gasteiger partial charge on any atom is -0.504 e. The summed E-state index contributed by atoms with van der Waals surface area (Å²) < 4.78 is 6.90. The van der Waals surface area contributed by atoms with Crippen LogP contribution in [0.2, 0.25) is 0 Å². The summed E-state index contributed by atoms with van der Waals surface area (Å²) in [6.07, 6.45) is 3.26. The molecule has 0 fully saturated rings. The lowest BCUT2D eigenvalue weighted by atomic mass is 10.1. The van der Waals surface area contributed by atoms with Crippen LogP contribution in [0.5, 0.6) is 11.5 Å². The van der Waals surface area contributed by atoms with Gasteiger partial charge in [0.1, 0.15) is 12.1 Å². The summed E-state index contributed by atoms with van der Waals surface area (Å²) in [5.41, 5.74) is 2.46. The Morgan fingerprint density at radius 2 is 1.93 bits per heavy atom. The normalized spacial score (nSPS) is 10.7. The fraction of sp³-hybridized carbons (Fsp3) is 0.0500. The fourth-order valence-corrected chi connectivity index (χ4v) is 2.81. The third-order valence-electron chi connectivity index (χ3n) is 4.17. The summed E-state index contributed by atoms with van der Waals surface area (Å²) in [5, 5.41) is 12.8. The van der Waals surface area contributed by atoms with Crippen molar-refractivity contribution in [2.45, 2.75) is 0 Å². The Balaban J connectivity index is 1.57. The third kappa shape index (κ3) is 3.06. The van der Waals surface area contributed by atoms with Gasteiger partial charge in [0.05, 0.1) is 35.6 Å². The van der Waals surface area contributed by atoms with Gasteiger partial charge in [-0.15, -0.1) is 0 Å². The SMILES string of the molecule is COc1cccc(C(=O)Nc2ccc(-n3cnc4ccccc43)nc2)c1O. The van der Waals surface area contributed by atoms with E-state index in [0.717, 1.165) is 11.0 Å². The van der Waals surface area contributed by atoms with Gasteiger partial charge in [-0.05, 0) is 36.4 Å². The zero-order valence-electron chi connectivity index (χ0n) is 14.5. The van der Waals surface area contributed by atoms with Crippen LogP contribution < -0.4 is 10.1 Å². The van der Waals surface area contributed by atoms with Crippen LogP contribution in [0.25, 0.3) is 16.9 Å². The van der Waals surface area contributed by atoms with Gasteiger partial charge in [-0.3, -0.25) is 9.36 Å². The number of fused-ring (bicyclic) bond motifs is 1. The number of amides is 1. The van der Waals surface area contributed by atoms with Crippen LogP contribution in [-0.4, -0.2) is 32.7 Å². The first-order valence-electron chi connectivity index (χ1n) is 8.23. The molecule has 0 saturated heterocycles. The van der Waals surface area contributed by atoms with Gasteiger partial charge in [0.15, 0.2) is 11.5 Å². The molecule has 0 aliphatic heterocycles. The van der Waals surface area contributed by atoms with E-state index in [1.165, 1.54) is 13.2 Å². The molecule has 0 aliphatic rings. The van der Waals surface area contributed by atoms with Crippen molar-refractivity contribution in [3.8, 4) is 17.3 Å². The Bertz CT molecular complexity index is 1120. The lowest BCUT2D eigenvalue weighted by Gasteiger charge is -2.10. The molecule has 0 radical (unpaired) electrons. The van der Waals surface area contributed by atoms with Crippen molar-refractivity contribution >= 4 is 22.6 Å². The molecule has 1 amide bonds. The Hall–Kier alpha value is -3.87. The van der Waals surface area contributed by atoms with Crippen molar-refractivity contribution in [2.24, 2.45) is 0 Å². The number of rotatable bonds is 4. The summed E-state index contributed by atoms with van der Waals surface area (Å²) in [4.78, 5) is 21.2. The molecule has 2 N–H and O–H groups in total. The Labute approximate surface area is 154 Å². The van der Waals surface area contributed by atoms with Crippen molar-refractivity contribution in [3.05, 3.63) is 72.7 Å². The van der Waals surface area contributed by atoms with Crippen molar-refractivity contribution in [1.29, 1.82) is 0 Å². The van der Waals surface area contributed by atoms with Crippen molar-refractivity contribution in [3.63, 3.8) is 0 Å². The summed E-state index contributed by atoms with van der Waals surface area (Å²) in [6.45, 7) is 0. The van der Waals surface area contributed by atoms with Crippen LogP contribution in [0.15, 0.2) is 67.1 Å². The van der Waals surface area contributed by atoms with E-state index in [1.807, 2.05) is 28.8 Å². The number of anilines is 1. The second-order valence-corrected chi connectivity index (χ2v) is 5.82. The predicted octanol–water partition coefficient (Wildman–Crippen LogP) is 3.39. The monoisotopic (exact) mass is 360 g/mol. The quantitative estimate of drug-likeness (QED) is 0.582.